The van der Waals surface area contributed by atoms with Crippen molar-refractivity contribution in [1.82, 2.24) is 0 Å². The second kappa shape index (κ2) is 6.54. The molecule has 1 fully saturated rings. The molecule has 2 aliphatic rings. The highest BCUT2D eigenvalue weighted by Gasteiger charge is 2.35. The lowest BCUT2D eigenvalue weighted by Gasteiger charge is -2.31. The maximum atomic E-state index is 12.4. The highest BCUT2D eigenvalue weighted by Crippen LogP contribution is 2.32. The third-order valence-electron chi connectivity index (χ3n) is 4.07. The fraction of sp³-hybridized carbons (Fsp3) is 0.467. The molecule has 4 N–H and O–H groups in total. The molecule has 0 atom stereocenters. The lowest BCUT2D eigenvalue weighted by Crippen LogP contribution is -2.52. The number of amides is 2. The average molecular weight is 326 g/mol. The van der Waals surface area contributed by atoms with Crippen LogP contribution >= 0.6 is 12.4 Å². The Morgan fingerprint density at radius 2 is 2.00 bits per heavy atom. The van der Waals surface area contributed by atoms with E-state index in [1.54, 1.807) is 18.2 Å². The van der Waals surface area contributed by atoms with Crippen molar-refractivity contribution in [3.63, 3.8) is 0 Å². The van der Waals surface area contributed by atoms with Gasteiger partial charge in [-0.3, -0.25) is 9.59 Å². The molecule has 6 nitrogen and oxygen atoms in total. The van der Waals surface area contributed by atoms with Gasteiger partial charge in [-0.15, -0.1) is 12.4 Å². The van der Waals surface area contributed by atoms with Gasteiger partial charge in [0, 0.05) is 11.8 Å². The molecule has 7 heteroatoms. The summed E-state index contributed by atoms with van der Waals surface area (Å²) in [6, 6.07) is 5.16. The normalized spacial score (nSPS) is 19.0. The third kappa shape index (κ3) is 3.34. The van der Waals surface area contributed by atoms with Crippen molar-refractivity contribution < 1.29 is 14.3 Å². The van der Waals surface area contributed by atoms with E-state index in [4.69, 9.17) is 10.5 Å². The zero-order chi connectivity index (χ0) is 14.9. The summed E-state index contributed by atoms with van der Waals surface area (Å²) in [6.07, 6.45) is 4.55. The number of fused-ring (bicyclic) bond motifs is 1. The van der Waals surface area contributed by atoms with E-state index in [2.05, 4.69) is 10.6 Å². The van der Waals surface area contributed by atoms with Crippen molar-refractivity contribution in [3.05, 3.63) is 18.2 Å². The molecule has 0 saturated heterocycles. The van der Waals surface area contributed by atoms with Crippen LogP contribution in [0, 0.1) is 0 Å². The minimum atomic E-state index is -0.775. The molecule has 1 aromatic carbocycles. The molecule has 0 bridgehead atoms. The van der Waals surface area contributed by atoms with Crippen LogP contribution in [0.2, 0.25) is 0 Å². The number of nitrogens with two attached hydrogens (primary N) is 1. The van der Waals surface area contributed by atoms with Crippen LogP contribution in [0.5, 0.6) is 5.75 Å². The van der Waals surface area contributed by atoms with E-state index >= 15 is 0 Å². The smallest absolute Gasteiger partial charge is 0.262 e. The van der Waals surface area contributed by atoms with Crippen LogP contribution in [0.4, 0.5) is 11.4 Å². The Morgan fingerprint density at radius 1 is 1.27 bits per heavy atom. The SMILES string of the molecule is Cl.NC1(C(=O)Nc2ccc3c(c2)OCC(=O)N3)CCCCC1. The van der Waals surface area contributed by atoms with E-state index in [1.165, 1.54) is 0 Å². The van der Waals surface area contributed by atoms with Gasteiger partial charge in [-0.1, -0.05) is 19.3 Å². The summed E-state index contributed by atoms with van der Waals surface area (Å²) in [5.41, 5.74) is 6.68. The lowest BCUT2D eigenvalue weighted by molar-refractivity contribution is -0.122. The van der Waals surface area contributed by atoms with Gasteiger partial charge in [0.15, 0.2) is 6.61 Å². The summed E-state index contributed by atoms with van der Waals surface area (Å²) in [4.78, 5) is 23.6. The fourth-order valence-electron chi connectivity index (χ4n) is 2.82. The molecule has 2 amide bonds. The van der Waals surface area contributed by atoms with E-state index in [1.807, 2.05) is 0 Å². The summed E-state index contributed by atoms with van der Waals surface area (Å²) in [5, 5.41) is 5.57. The van der Waals surface area contributed by atoms with Crippen molar-refractivity contribution in [3.8, 4) is 5.75 Å². The van der Waals surface area contributed by atoms with Gasteiger partial charge in [0.1, 0.15) is 5.75 Å². The molecular weight excluding hydrogens is 306 g/mol. The van der Waals surface area contributed by atoms with Gasteiger partial charge in [0.2, 0.25) is 5.91 Å². The molecule has 0 unspecified atom stereocenters. The van der Waals surface area contributed by atoms with Gasteiger partial charge >= 0.3 is 0 Å². The van der Waals surface area contributed by atoms with Crippen LogP contribution in [0.1, 0.15) is 32.1 Å². The lowest BCUT2D eigenvalue weighted by atomic mass is 9.82. The summed E-state index contributed by atoms with van der Waals surface area (Å²) in [5.74, 6) is 0.228. The Bertz CT molecular complexity index is 585. The van der Waals surface area contributed by atoms with E-state index < -0.39 is 5.54 Å². The Labute approximate surface area is 135 Å². The number of anilines is 2. The first kappa shape index (κ1) is 16.6. The molecule has 1 heterocycles. The van der Waals surface area contributed by atoms with Gasteiger partial charge in [-0.2, -0.15) is 0 Å². The van der Waals surface area contributed by atoms with Crippen molar-refractivity contribution in [2.45, 2.75) is 37.6 Å². The third-order valence-corrected chi connectivity index (χ3v) is 4.07. The molecule has 1 saturated carbocycles. The number of halogens is 1. The summed E-state index contributed by atoms with van der Waals surface area (Å²) in [7, 11) is 0. The Hall–Kier alpha value is -1.79. The van der Waals surface area contributed by atoms with E-state index in [0.29, 0.717) is 17.1 Å². The van der Waals surface area contributed by atoms with Gasteiger partial charge in [0.05, 0.1) is 11.2 Å². The number of nitrogens with one attached hydrogen (secondary N) is 2. The molecule has 1 aromatic rings. The van der Waals surface area contributed by atoms with Gasteiger partial charge in [-0.25, -0.2) is 0 Å². The minimum Gasteiger partial charge on any atom is -0.482 e. The average Bonchev–Trinajstić information content (AvgIpc) is 2.48. The number of ether oxygens (including phenoxy) is 1. The van der Waals surface area contributed by atoms with Crippen LogP contribution in [0.15, 0.2) is 18.2 Å². The number of rotatable bonds is 2. The Kier molecular flexibility index (Phi) is 4.93. The summed E-state index contributed by atoms with van der Waals surface area (Å²) >= 11 is 0. The topological polar surface area (TPSA) is 93.5 Å². The minimum absolute atomic E-state index is 0. The van der Waals surface area contributed by atoms with E-state index in [0.717, 1.165) is 32.1 Å². The number of hydrogen-bond acceptors (Lipinski definition) is 4. The maximum absolute atomic E-state index is 12.4. The first-order chi connectivity index (χ1) is 10.1. The van der Waals surface area contributed by atoms with Crippen LogP contribution in [0.3, 0.4) is 0 Å². The van der Waals surface area contributed by atoms with Crippen molar-refractivity contribution >= 4 is 35.6 Å². The molecule has 0 aromatic heterocycles. The summed E-state index contributed by atoms with van der Waals surface area (Å²) < 4.78 is 5.33. The molecular formula is C15H20ClN3O3. The zero-order valence-corrected chi connectivity index (χ0v) is 13.0. The monoisotopic (exact) mass is 325 g/mol. The van der Waals surface area contributed by atoms with Crippen molar-refractivity contribution in [2.24, 2.45) is 5.73 Å². The first-order valence-electron chi connectivity index (χ1n) is 7.24. The van der Waals surface area contributed by atoms with Crippen LogP contribution < -0.4 is 21.1 Å². The van der Waals surface area contributed by atoms with E-state index in [-0.39, 0.29) is 30.8 Å². The number of benzene rings is 1. The zero-order valence-electron chi connectivity index (χ0n) is 12.2. The molecule has 22 heavy (non-hydrogen) atoms. The first-order valence-corrected chi connectivity index (χ1v) is 7.24. The number of carbonyl (C=O) groups is 2. The standard InChI is InChI=1S/C15H19N3O3.ClH/c16-15(6-2-1-3-7-15)14(20)17-10-4-5-11-12(8-10)21-9-13(19)18-11;/h4-5,8H,1-3,6-7,9,16H2,(H,17,20)(H,18,19);1H. The molecule has 0 radical (unpaired) electrons. The Morgan fingerprint density at radius 3 is 2.73 bits per heavy atom. The van der Waals surface area contributed by atoms with Gasteiger partial charge < -0.3 is 21.1 Å². The second-order valence-electron chi connectivity index (χ2n) is 5.72. The second-order valence-corrected chi connectivity index (χ2v) is 5.72. The quantitative estimate of drug-likeness (QED) is 0.775. The predicted octanol–water partition coefficient (Wildman–Crippen LogP) is 2.04. The fourth-order valence-corrected chi connectivity index (χ4v) is 2.82. The van der Waals surface area contributed by atoms with Crippen LogP contribution in [0.25, 0.3) is 0 Å². The highest BCUT2D eigenvalue weighted by atomic mass is 35.5. The van der Waals surface area contributed by atoms with Gasteiger partial charge in [-0.05, 0) is 25.0 Å². The number of carbonyl (C=O) groups excluding carboxylic acids is 2. The predicted molar refractivity (Wildman–Crippen MR) is 86.4 cm³/mol. The molecule has 3 rings (SSSR count). The molecule has 120 valence electrons. The van der Waals surface area contributed by atoms with Crippen LogP contribution in [-0.4, -0.2) is 24.0 Å². The molecule has 1 aliphatic carbocycles. The molecule has 0 spiro atoms. The maximum Gasteiger partial charge on any atom is 0.262 e. The number of hydrogen-bond donors (Lipinski definition) is 3. The van der Waals surface area contributed by atoms with Gasteiger partial charge in [0.25, 0.3) is 5.91 Å². The van der Waals surface area contributed by atoms with Crippen molar-refractivity contribution in [1.29, 1.82) is 0 Å². The largest absolute Gasteiger partial charge is 0.482 e. The summed E-state index contributed by atoms with van der Waals surface area (Å²) in [6.45, 7) is -0.00870. The Balaban J connectivity index is 0.00000176. The molecule has 1 aliphatic heterocycles. The van der Waals surface area contributed by atoms with Crippen LogP contribution in [-0.2, 0) is 9.59 Å². The van der Waals surface area contributed by atoms with Crippen molar-refractivity contribution in [2.75, 3.05) is 17.2 Å². The van der Waals surface area contributed by atoms with E-state index in [9.17, 15) is 9.59 Å². The highest BCUT2D eigenvalue weighted by molar-refractivity contribution is 5.99.